The van der Waals surface area contributed by atoms with Crippen molar-refractivity contribution in [2.45, 2.75) is 50.6 Å². The lowest BCUT2D eigenvalue weighted by Crippen LogP contribution is -2.63. The first-order chi connectivity index (χ1) is 16.1. The number of nitrogens with zero attached hydrogens (tertiary/aromatic N) is 4. The second-order valence-corrected chi connectivity index (χ2v) is 10.8. The van der Waals surface area contributed by atoms with Crippen LogP contribution in [0.1, 0.15) is 27.2 Å². The van der Waals surface area contributed by atoms with E-state index in [-0.39, 0.29) is 34.7 Å². The predicted molar refractivity (Wildman–Crippen MR) is 126 cm³/mol. The molecule has 4 rings (SSSR count). The van der Waals surface area contributed by atoms with Crippen LogP contribution in [0.25, 0.3) is 0 Å². The molecule has 0 spiro atoms. The Hall–Kier alpha value is -2.60. The van der Waals surface area contributed by atoms with Gasteiger partial charge in [-0.25, -0.2) is 4.79 Å². The summed E-state index contributed by atoms with van der Waals surface area (Å²) in [7, 11) is 0. The number of nitrogens with one attached hydrogen (secondary N) is 2. The van der Waals surface area contributed by atoms with Gasteiger partial charge in [0.05, 0.1) is 30.2 Å². The Labute approximate surface area is 202 Å². The third-order valence-electron chi connectivity index (χ3n) is 7.39. The van der Waals surface area contributed by atoms with Crippen molar-refractivity contribution in [3.63, 3.8) is 0 Å². The molecule has 1 unspecified atom stereocenters. The highest BCUT2D eigenvalue weighted by molar-refractivity contribution is 8.03. The molecule has 0 radical (unpaired) electrons. The summed E-state index contributed by atoms with van der Waals surface area (Å²) in [5.74, 6) is -2.12. The molecule has 3 saturated heterocycles. The Morgan fingerprint density at radius 1 is 1.24 bits per heavy atom. The summed E-state index contributed by atoms with van der Waals surface area (Å²) in [6.07, 6.45) is 0.907. The smallest absolute Gasteiger partial charge is 0.353 e. The van der Waals surface area contributed by atoms with Crippen molar-refractivity contribution in [1.29, 1.82) is 10.8 Å². The number of rotatable bonds is 6. The van der Waals surface area contributed by atoms with E-state index in [9.17, 15) is 24.6 Å². The first-order valence-electron chi connectivity index (χ1n) is 11.6. The van der Waals surface area contributed by atoms with E-state index in [0.29, 0.717) is 49.9 Å². The monoisotopic (exact) mass is 492 g/mol. The normalized spacial score (nSPS) is 32.0. The van der Waals surface area contributed by atoms with Gasteiger partial charge in [-0.15, -0.1) is 11.8 Å². The number of hydrogen-bond acceptors (Lipinski definition) is 7. The number of carbonyl (C=O) groups is 3. The molecule has 11 nitrogen and oxygen atoms in total. The number of thioether (sulfide) groups is 1. The highest BCUT2D eigenvalue weighted by Gasteiger charge is 2.60. The Bertz CT molecular complexity index is 946. The summed E-state index contributed by atoms with van der Waals surface area (Å²) in [6, 6.07) is -0.860. The van der Waals surface area contributed by atoms with Crippen LogP contribution in [-0.2, 0) is 14.4 Å². The molecule has 0 aliphatic carbocycles. The summed E-state index contributed by atoms with van der Waals surface area (Å²) in [5.41, 5.74) is -0.0138. The van der Waals surface area contributed by atoms with Crippen LogP contribution >= 0.6 is 11.8 Å². The highest BCUT2D eigenvalue weighted by Crippen LogP contribution is 2.52. The number of carboxylic acid groups (broad SMARTS) is 1. The van der Waals surface area contributed by atoms with Gasteiger partial charge in [0.15, 0.2) is 0 Å². The van der Waals surface area contributed by atoms with Crippen LogP contribution in [0.4, 0.5) is 0 Å². The molecular formula is C22H32N6O5S. The van der Waals surface area contributed by atoms with Gasteiger partial charge in [0.1, 0.15) is 11.7 Å². The van der Waals surface area contributed by atoms with E-state index in [2.05, 4.69) is 0 Å². The number of carbonyl (C=O) groups excluding carboxylic acids is 2. The maximum atomic E-state index is 13.3. The Morgan fingerprint density at radius 3 is 2.41 bits per heavy atom. The standard InChI is InChI=1S/C22H32N6O5S/c1-11-17-16(12(2)29)21(31)28(17)18(22(32)33)19(11)34-14-8-15(27(9-14)13(3)24)20(30)26-6-4-25(10-23)5-7-26/h10-12,14-17,23-24,29H,4-9H2,1-3H3,(H,32,33)/t11-,12?,14+,15+,16-,17-/m1/s1. The molecule has 3 fully saturated rings. The number of aliphatic carboxylic acids is 1. The second kappa shape index (κ2) is 9.21. The molecule has 0 saturated carbocycles. The van der Waals surface area contributed by atoms with Crippen molar-refractivity contribution >= 4 is 41.7 Å². The van der Waals surface area contributed by atoms with Crippen LogP contribution in [0.2, 0.25) is 0 Å². The van der Waals surface area contributed by atoms with Gasteiger partial charge in [-0.2, -0.15) is 0 Å². The zero-order chi connectivity index (χ0) is 24.9. The summed E-state index contributed by atoms with van der Waals surface area (Å²) >= 11 is 1.39. The van der Waals surface area contributed by atoms with Gasteiger partial charge >= 0.3 is 5.97 Å². The van der Waals surface area contributed by atoms with E-state index in [1.807, 2.05) is 11.8 Å². The molecule has 12 heteroatoms. The molecule has 4 aliphatic heterocycles. The number of amides is 2. The van der Waals surface area contributed by atoms with Gasteiger partial charge in [-0.1, -0.05) is 6.92 Å². The highest BCUT2D eigenvalue weighted by atomic mass is 32.2. The fourth-order valence-corrected chi connectivity index (χ4v) is 7.15. The molecule has 0 bridgehead atoms. The fraction of sp³-hybridized carbons (Fsp3) is 0.682. The largest absolute Gasteiger partial charge is 0.477 e. The summed E-state index contributed by atoms with van der Waals surface area (Å²) in [6.45, 7) is 7.79. The van der Waals surface area contributed by atoms with Gasteiger partial charge < -0.3 is 29.8 Å². The van der Waals surface area contributed by atoms with Crippen LogP contribution in [0.3, 0.4) is 0 Å². The van der Waals surface area contributed by atoms with E-state index in [1.54, 1.807) is 23.6 Å². The molecule has 4 N–H and O–H groups in total. The lowest BCUT2D eigenvalue weighted by atomic mass is 9.79. The van der Waals surface area contributed by atoms with Crippen molar-refractivity contribution in [1.82, 2.24) is 19.6 Å². The minimum Gasteiger partial charge on any atom is -0.477 e. The first kappa shape index (κ1) is 24.5. The lowest BCUT2D eigenvalue weighted by Gasteiger charge is -2.46. The predicted octanol–water partition coefficient (Wildman–Crippen LogP) is 0.0646. The van der Waals surface area contributed by atoms with Crippen molar-refractivity contribution in [3.8, 4) is 0 Å². The Kier molecular flexibility index (Phi) is 6.65. The number of likely N-dealkylation sites (tertiary alicyclic amines) is 1. The number of carboxylic acids is 1. The average molecular weight is 493 g/mol. The number of fused-ring (bicyclic) bond motifs is 1. The number of aliphatic hydroxyl groups is 1. The van der Waals surface area contributed by atoms with E-state index >= 15 is 0 Å². The molecule has 0 aromatic carbocycles. The van der Waals surface area contributed by atoms with Crippen molar-refractivity contribution in [2.24, 2.45) is 11.8 Å². The van der Waals surface area contributed by atoms with Crippen LogP contribution < -0.4 is 0 Å². The molecule has 6 atom stereocenters. The van der Waals surface area contributed by atoms with Crippen LogP contribution in [0, 0.1) is 22.7 Å². The topological polar surface area (TPSA) is 152 Å². The number of aliphatic hydroxyl groups excluding tert-OH is 1. The van der Waals surface area contributed by atoms with E-state index in [0.717, 1.165) is 0 Å². The van der Waals surface area contributed by atoms with Crippen molar-refractivity contribution in [2.75, 3.05) is 32.7 Å². The molecule has 2 amide bonds. The third-order valence-corrected chi connectivity index (χ3v) is 8.89. The van der Waals surface area contributed by atoms with E-state index in [1.165, 1.54) is 23.0 Å². The number of β-lactam (4-membered cyclic amide) rings is 1. The van der Waals surface area contributed by atoms with Gasteiger partial charge in [0.25, 0.3) is 0 Å². The summed E-state index contributed by atoms with van der Waals surface area (Å²) < 4.78 is 0. The van der Waals surface area contributed by atoms with Gasteiger partial charge in [-0.3, -0.25) is 20.4 Å². The van der Waals surface area contributed by atoms with E-state index < -0.39 is 24.0 Å². The molecule has 34 heavy (non-hydrogen) atoms. The molecule has 0 aromatic heterocycles. The van der Waals surface area contributed by atoms with E-state index in [4.69, 9.17) is 10.8 Å². The van der Waals surface area contributed by atoms with Gasteiger partial charge in [0.2, 0.25) is 11.8 Å². The quantitative estimate of drug-likeness (QED) is 0.231. The lowest BCUT2D eigenvalue weighted by molar-refractivity contribution is -0.163. The maximum absolute atomic E-state index is 13.3. The number of hydrogen-bond donors (Lipinski definition) is 4. The fourth-order valence-electron chi connectivity index (χ4n) is 5.63. The zero-order valence-electron chi connectivity index (χ0n) is 19.6. The Balaban J connectivity index is 1.51. The average Bonchev–Trinajstić information content (AvgIpc) is 3.31. The Morgan fingerprint density at radius 2 is 1.88 bits per heavy atom. The minimum atomic E-state index is -1.16. The zero-order valence-corrected chi connectivity index (χ0v) is 20.4. The van der Waals surface area contributed by atoms with Crippen LogP contribution in [-0.4, -0.2) is 116 Å². The minimum absolute atomic E-state index is 0.0138. The van der Waals surface area contributed by atoms with Crippen LogP contribution in [0.15, 0.2) is 10.6 Å². The van der Waals surface area contributed by atoms with Gasteiger partial charge in [0, 0.05) is 48.8 Å². The van der Waals surface area contributed by atoms with Crippen molar-refractivity contribution in [3.05, 3.63) is 10.6 Å². The third kappa shape index (κ3) is 3.96. The second-order valence-electron chi connectivity index (χ2n) is 9.49. The van der Waals surface area contributed by atoms with Gasteiger partial charge in [-0.05, 0) is 20.3 Å². The first-order valence-corrected chi connectivity index (χ1v) is 12.4. The van der Waals surface area contributed by atoms with Crippen molar-refractivity contribution < 1.29 is 24.6 Å². The summed E-state index contributed by atoms with van der Waals surface area (Å²) in [5, 5.41) is 35.4. The van der Waals surface area contributed by atoms with Crippen LogP contribution in [0.5, 0.6) is 0 Å². The SMILES string of the molecule is CC(=N)N1C[C@@H](SC2=C(C(=O)O)N3C(=O)[C@H](C(C)O)[C@H]3[C@H]2C)C[C@H]1C(=O)N1CCN(C=N)CC1. The number of piperazine rings is 1. The molecule has 0 aromatic rings. The molecule has 4 heterocycles. The maximum Gasteiger partial charge on any atom is 0.353 e. The molecular weight excluding hydrogens is 460 g/mol. The summed E-state index contributed by atoms with van der Waals surface area (Å²) in [4.78, 5) is 45.3. The molecule has 4 aliphatic rings. The molecule has 186 valence electrons. The number of amidine groups is 1.